The van der Waals surface area contributed by atoms with Crippen molar-refractivity contribution in [1.82, 2.24) is 0 Å². The quantitative estimate of drug-likeness (QED) is 0.669. The van der Waals surface area contributed by atoms with E-state index < -0.39 is 0 Å². The molecule has 1 rings (SSSR count). The van der Waals surface area contributed by atoms with E-state index in [0.29, 0.717) is 39.6 Å². The van der Waals surface area contributed by atoms with Gasteiger partial charge < -0.3 is 19.9 Å². The zero-order valence-electron chi connectivity index (χ0n) is 12.9. The molecule has 0 fully saturated rings. The van der Waals surface area contributed by atoms with Crippen LogP contribution in [0.4, 0.5) is 0 Å². The molecule has 0 amide bonds. The van der Waals surface area contributed by atoms with Gasteiger partial charge in [0.05, 0.1) is 26.4 Å². The van der Waals surface area contributed by atoms with E-state index in [1.807, 2.05) is 0 Å². The lowest BCUT2D eigenvalue weighted by Gasteiger charge is -2.13. The molecule has 0 atom stereocenters. The summed E-state index contributed by atoms with van der Waals surface area (Å²) in [5, 5.41) is 0. The third-order valence-electron chi connectivity index (χ3n) is 2.92. The molecule has 0 aliphatic heterocycles. The number of nitrogens with two attached hydrogens (primary N) is 1. The fourth-order valence-electron chi connectivity index (χ4n) is 2.13. The van der Waals surface area contributed by atoms with Gasteiger partial charge in [-0.3, -0.25) is 0 Å². The third-order valence-corrected chi connectivity index (χ3v) is 2.92. The molecule has 4 heteroatoms. The van der Waals surface area contributed by atoms with Crippen molar-refractivity contribution in [2.24, 2.45) is 5.73 Å². The predicted molar refractivity (Wildman–Crippen MR) is 81.5 cm³/mol. The molecule has 1 aromatic rings. The van der Waals surface area contributed by atoms with Crippen LogP contribution in [0.1, 0.15) is 23.1 Å². The van der Waals surface area contributed by atoms with Gasteiger partial charge in [0, 0.05) is 19.6 Å². The first-order valence-corrected chi connectivity index (χ1v) is 7.21. The summed E-state index contributed by atoms with van der Waals surface area (Å²) in [4.78, 5) is 0. The lowest BCUT2D eigenvalue weighted by Crippen LogP contribution is -2.13. The number of ether oxygens (including phenoxy) is 3. The minimum Gasteiger partial charge on any atom is -0.493 e. The van der Waals surface area contributed by atoms with Crippen molar-refractivity contribution in [1.29, 1.82) is 0 Å². The first-order valence-electron chi connectivity index (χ1n) is 7.21. The summed E-state index contributed by atoms with van der Waals surface area (Å²) in [5.74, 6) is 1.00. The van der Waals surface area contributed by atoms with Crippen molar-refractivity contribution >= 4 is 0 Å². The van der Waals surface area contributed by atoms with Gasteiger partial charge in [-0.25, -0.2) is 0 Å². The Balaban J connectivity index is 2.13. The molecule has 20 heavy (non-hydrogen) atoms. The summed E-state index contributed by atoms with van der Waals surface area (Å²) in [5.41, 5.74) is 8.97. The van der Waals surface area contributed by atoms with Crippen molar-refractivity contribution in [3.63, 3.8) is 0 Å². The highest BCUT2D eigenvalue weighted by atomic mass is 16.5. The molecule has 0 aliphatic rings. The molecule has 0 heterocycles. The van der Waals surface area contributed by atoms with E-state index in [2.05, 4.69) is 32.9 Å². The Morgan fingerprint density at radius 1 is 0.850 bits per heavy atom. The molecular formula is C16H27NO3. The molecule has 0 spiro atoms. The van der Waals surface area contributed by atoms with Crippen LogP contribution in [0, 0.1) is 20.8 Å². The normalized spacial score (nSPS) is 10.8. The zero-order chi connectivity index (χ0) is 14.8. The van der Waals surface area contributed by atoms with Gasteiger partial charge in [-0.2, -0.15) is 0 Å². The van der Waals surface area contributed by atoms with Gasteiger partial charge in [-0.05, 0) is 31.9 Å². The highest BCUT2D eigenvalue weighted by molar-refractivity contribution is 5.42. The predicted octanol–water partition coefficient (Wildman–Crippen LogP) is 2.37. The molecule has 0 aromatic heterocycles. The van der Waals surface area contributed by atoms with Crippen molar-refractivity contribution in [3.05, 3.63) is 28.8 Å². The van der Waals surface area contributed by atoms with Crippen LogP contribution >= 0.6 is 0 Å². The van der Waals surface area contributed by atoms with Crippen molar-refractivity contribution in [2.45, 2.75) is 27.2 Å². The molecule has 4 nitrogen and oxygen atoms in total. The largest absolute Gasteiger partial charge is 0.493 e. The molecule has 0 aliphatic carbocycles. The maximum Gasteiger partial charge on any atom is 0.125 e. The van der Waals surface area contributed by atoms with Gasteiger partial charge >= 0.3 is 0 Å². The summed E-state index contributed by atoms with van der Waals surface area (Å²) in [6.45, 7) is 10.0. The number of rotatable bonds is 10. The molecule has 0 saturated carbocycles. The zero-order valence-corrected chi connectivity index (χ0v) is 12.9. The lowest BCUT2D eigenvalue weighted by atomic mass is 10.1. The van der Waals surface area contributed by atoms with E-state index >= 15 is 0 Å². The second-order valence-electron chi connectivity index (χ2n) is 4.94. The maximum absolute atomic E-state index is 5.84. The van der Waals surface area contributed by atoms with Crippen molar-refractivity contribution in [2.75, 3.05) is 39.6 Å². The molecule has 114 valence electrons. The molecule has 0 unspecified atom stereocenters. The number of hydrogen-bond acceptors (Lipinski definition) is 4. The van der Waals surface area contributed by atoms with Gasteiger partial charge in [0.1, 0.15) is 5.75 Å². The van der Waals surface area contributed by atoms with Gasteiger partial charge in [-0.1, -0.05) is 17.7 Å². The Kier molecular flexibility index (Phi) is 8.26. The Morgan fingerprint density at radius 2 is 1.45 bits per heavy atom. The average molecular weight is 281 g/mol. The van der Waals surface area contributed by atoms with Crippen LogP contribution in [-0.2, 0) is 9.47 Å². The van der Waals surface area contributed by atoms with E-state index in [4.69, 9.17) is 19.9 Å². The second kappa shape index (κ2) is 9.75. The Morgan fingerprint density at radius 3 is 2.05 bits per heavy atom. The van der Waals surface area contributed by atoms with Crippen molar-refractivity contribution in [3.8, 4) is 5.75 Å². The smallest absolute Gasteiger partial charge is 0.125 e. The summed E-state index contributed by atoms with van der Waals surface area (Å²) >= 11 is 0. The molecule has 1 aromatic carbocycles. The monoisotopic (exact) mass is 281 g/mol. The van der Waals surface area contributed by atoms with Crippen LogP contribution in [0.25, 0.3) is 0 Å². The van der Waals surface area contributed by atoms with Gasteiger partial charge in [0.15, 0.2) is 0 Å². The molecule has 0 saturated heterocycles. The molecule has 2 N–H and O–H groups in total. The van der Waals surface area contributed by atoms with Crippen LogP contribution < -0.4 is 10.5 Å². The maximum atomic E-state index is 5.84. The average Bonchev–Trinajstić information content (AvgIpc) is 2.39. The minimum atomic E-state index is 0.559. The number of hydrogen-bond donors (Lipinski definition) is 1. The van der Waals surface area contributed by atoms with Crippen LogP contribution in [-0.4, -0.2) is 39.6 Å². The Bertz CT molecular complexity index is 370. The number of benzene rings is 1. The van der Waals surface area contributed by atoms with Gasteiger partial charge in [0.25, 0.3) is 0 Å². The first kappa shape index (κ1) is 17.0. The summed E-state index contributed by atoms with van der Waals surface area (Å²) in [7, 11) is 0. The van der Waals surface area contributed by atoms with E-state index in [-0.39, 0.29) is 0 Å². The van der Waals surface area contributed by atoms with E-state index in [1.165, 1.54) is 16.7 Å². The molecule has 0 radical (unpaired) electrons. The summed E-state index contributed by atoms with van der Waals surface area (Å²) < 4.78 is 16.5. The summed E-state index contributed by atoms with van der Waals surface area (Å²) in [6, 6.07) is 4.29. The SMILES string of the molecule is Cc1cc(C)c(OCCCOCCOCCN)c(C)c1. The van der Waals surface area contributed by atoms with E-state index in [0.717, 1.165) is 12.2 Å². The van der Waals surface area contributed by atoms with Gasteiger partial charge in [0.2, 0.25) is 0 Å². The first-order chi connectivity index (χ1) is 9.65. The Labute approximate surface area is 122 Å². The molecular weight excluding hydrogens is 254 g/mol. The minimum absolute atomic E-state index is 0.559. The lowest BCUT2D eigenvalue weighted by molar-refractivity contribution is 0.0463. The van der Waals surface area contributed by atoms with Crippen LogP contribution in [0.2, 0.25) is 0 Å². The highest BCUT2D eigenvalue weighted by Gasteiger charge is 2.04. The topological polar surface area (TPSA) is 53.7 Å². The fraction of sp³-hybridized carbons (Fsp3) is 0.625. The van der Waals surface area contributed by atoms with E-state index in [9.17, 15) is 0 Å². The van der Waals surface area contributed by atoms with Crippen LogP contribution in [0.3, 0.4) is 0 Å². The van der Waals surface area contributed by atoms with Crippen molar-refractivity contribution < 1.29 is 14.2 Å². The second-order valence-corrected chi connectivity index (χ2v) is 4.94. The third kappa shape index (κ3) is 6.37. The van der Waals surface area contributed by atoms with E-state index in [1.54, 1.807) is 0 Å². The van der Waals surface area contributed by atoms with Crippen LogP contribution in [0.15, 0.2) is 12.1 Å². The highest BCUT2D eigenvalue weighted by Crippen LogP contribution is 2.24. The van der Waals surface area contributed by atoms with Crippen LogP contribution in [0.5, 0.6) is 5.75 Å². The fourth-order valence-corrected chi connectivity index (χ4v) is 2.13. The van der Waals surface area contributed by atoms with Gasteiger partial charge in [-0.15, -0.1) is 0 Å². The number of aryl methyl sites for hydroxylation is 3. The molecule has 0 bridgehead atoms. The standard InChI is InChI=1S/C16H27NO3/c1-13-11-14(2)16(15(3)12-13)20-7-4-6-18-9-10-19-8-5-17/h11-12H,4-10,17H2,1-3H3. The summed E-state index contributed by atoms with van der Waals surface area (Å²) in [6.07, 6.45) is 0.879. The Hall–Kier alpha value is -1.10.